The molecule has 4 heteroatoms. The van der Waals surface area contributed by atoms with Crippen LogP contribution in [-0.2, 0) is 0 Å². The molecule has 0 saturated heterocycles. The molecule has 1 heterocycles. The van der Waals surface area contributed by atoms with Crippen LogP contribution in [0, 0.1) is 12.7 Å². The van der Waals surface area contributed by atoms with Crippen LogP contribution in [0.15, 0.2) is 34.9 Å². The van der Waals surface area contributed by atoms with E-state index in [9.17, 15) is 4.39 Å². The number of benzene rings is 1. The van der Waals surface area contributed by atoms with Gasteiger partial charge in [0.2, 0.25) is 0 Å². The summed E-state index contributed by atoms with van der Waals surface area (Å²) < 4.78 is 18.2. The maximum Gasteiger partial charge on any atom is 0.198 e. The van der Waals surface area contributed by atoms with Crippen molar-refractivity contribution in [3.8, 4) is 0 Å². The lowest BCUT2D eigenvalue weighted by atomic mass is 10.0. The molecule has 0 amide bonds. The molecule has 0 aliphatic rings. The minimum Gasteiger partial charge on any atom is -0.453 e. The summed E-state index contributed by atoms with van der Waals surface area (Å²) in [5.41, 5.74) is 8.15. The zero-order chi connectivity index (χ0) is 11.7. The van der Waals surface area contributed by atoms with Crippen molar-refractivity contribution in [2.75, 3.05) is 0 Å². The third kappa shape index (κ3) is 2.10. The molecule has 2 nitrogen and oxygen atoms in total. The highest BCUT2D eigenvalue weighted by Gasteiger charge is 2.15. The van der Waals surface area contributed by atoms with E-state index in [1.54, 1.807) is 6.07 Å². The predicted octanol–water partition coefficient (Wildman–Crippen LogP) is 3.43. The molecule has 2 rings (SSSR count). The van der Waals surface area contributed by atoms with Gasteiger partial charge in [0.05, 0.1) is 12.3 Å². The maximum absolute atomic E-state index is 13.2. The first kappa shape index (κ1) is 11.2. The highest BCUT2D eigenvalue weighted by atomic mass is 35.5. The van der Waals surface area contributed by atoms with Crippen LogP contribution in [0.4, 0.5) is 4.39 Å². The van der Waals surface area contributed by atoms with Crippen molar-refractivity contribution in [1.82, 2.24) is 0 Å². The highest BCUT2D eigenvalue weighted by Crippen LogP contribution is 2.28. The first-order valence-electron chi connectivity index (χ1n) is 4.83. The second-order valence-electron chi connectivity index (χ2n) is 3.69. The fraction of sp³-hybridized carbons (Fsp3) is 0.167. The first-order valence-corrected chi connectivity index (χ1v) is 5.21. The largest absolute Gasteiger partial charge is 0.453 e. The smallest absolute Gasteiger partial charge is 0.198 e. The zero-order valence-electron chi connectivity index (χ0n) is 8.71. The Kier molecular flexibility index (Phi) is 2.99. The molecular weight excluding hydrogens is 229 g/mol. The van der Waals surface area contributed by atoms with E-state index in [-0.39, 0.29) is 11.0 Å². The van der Waals surface area contributed by atoms with Gasteiger partial charge in [-0.1, -0.05) is 6.07 Å². The summed E-state index contributed by atoms with van der Waals surface area (Å²) in [4.78, 5) is 0. The van der Waals surface area contributed by atoms with Crippen LogP contribution in [-0.4, -0.2) is 0 Å². The van der Waals surface area contributed by atoms with Crippen LogP contribution in [0.5, 0.6) is 0 Å². The van der Waals surface area contributed by atoms with Crippen molar-refractivity contribution in [3.63, 3.8) is 0 Å². The van der Waals surface area contributed by atoms with Crippen molar-refractivity contribution >= 4 is 11.6 Å². The molecule has 0 spiro atoms. The number of nitrogens with two attached hydrogens (primary N) is 1. The van der Waals surface area contributed by atoms with E-state index in [0.29, 0.717) is 11.1 Å². The molecule has 0 saturated carbocycles. The van der Waals surface area contributed by atoms with E-state index in [2.05, 4.69) is 0 Å². The second kappa shape index (κ2) is 4.28. The van der Waals surface area contributed by atoms with Crippen LogP contribution in [0.2, 0.25) is 5.22 Å². The molecule has 1 atom stereocenters. The Labute approximate surface area is 97.8 Å². The van der Waals surface area contributed by atoms with Crippen LogP contribution in [0.25, 0.3) is 0 Å². The lowest BCUT2D eigenvalue weighted by Crippen LogP contribution is -2.11. The molecule has 0 aliphatic carbocycles. The van der Waals surface area contributed by atoms with Gasteiger partial charge in [0.25, 0.3) is 0 Å². The van der Waals surface area contributed by atoms with Crippen molar-refractivity contribution in [1.29, 1.82) is 0 Å². The van der Waals surface area contributed by atoms with Gasteiger partial charge in [-0.15, -0.1) is 0 Å². The summed E-state index contributed by atoms with van der Waals surface area (Å²) in [6.07, 6.45) is 1.46. The van der Waals surface area contributed by atoms with E-state index in [1.165, 1.54) is 18.4 Å². The molecule has 16 heavy (non-hydrogen) atoms. The van der Waals surface area contributed by atoms with Gasteiger partial charge in [-0.3, -0.25) is 0 Å². The van der Waals surface area contributed by atoms with Crippen molar-refractivity contribution in [3.05, 3.63) is 58.3 Å². The van der Waals surface area contributed by atoms with E-state index in [4.69, 9.17) is 21.8 Å². The summed E-state index contributed by atoms with van der Waals surface area (Å²) in [6.45, 7) is 1.82. The van der Waals surface area contributed by atoms with Gasteiger partial charge in [0, 0.05) is 5.56 Å². The molecule has 2 N–H and O–H groups in total. The average Bonchev–Trinajstić information content (AvgIpc) is 2.62. The van der Waals surface area contributed by atoms with Crippen molar-refractivity contribution < 1.29 is 8.81 Å². The summed E-state index contributed by atoms with van der Waals surface area (Å²) in [5.74, 6) is -0.301. The predicted molar refractivity (Wildman–Crippen MR) is 60.9 cm³/mol. The van der Waals surface area contributed by atoms with Gasteiger partial charge in [0.1, 0.15) is 5.82 Å². The van der Waals surface area contributed by atoms with E-state index >= 15 is 0 Å². The third-order valence-electron chi connectivity index (χ3n) is 2.40. The van der Waals surface area contributed by atoms with Gasteiger partial charge in [-0.05, 0) is 47.9 Å². The Balaban J connectivity index is 2.41. The third-order valence-corrected chi connectivity index (χ3v) is 2.71. The summed E-state index contributed by atoms with van der Waals surface area (Å²) in [7, 11) is 0. The van der Waals surface area contributed by atoms with Crippen LogP contribution < -0.4 is 5.73 Å². The number of halogens is 2. The number of hydrogen-bond acceptors (Lipinski definition) is 2. The van der Waals surface area contributed by atoms with Crippen molar-refractivity contribution in [2.45, 2.75) is 13.0 Å². The lowest BCUT2D eigenvalue weighted by molar-refractivity contribution is 0.564. The maximum atomic E-state index is 13.2. The molecule has 84 valence electrons. The molecule has 0 aliphatic heterocycles. The van der Waals surface area contributed by atoms with Gasteiger partial charge in [-0.2, -0.15) is 0 Å². The Bertz CT molecular complexity index is 489. The summed E-state index contributed by atoms with van der Waals surface area (Å²) in [5, 5.41) is 0.245. The minimum absolute atomic E-state index is 0.245. The SMILES string of the molecule is Cc1cc(F)cc(C(N)c2ccoc2Cl)c1. The number of furan rings is 1. The van der Waals surface area contributed by atoms with E-state index < -0.39 is 6.04 Å². The second-order valence-corrected chi connectivity index (χ2v) is 4.03. The van der Waals surface area contributed by atoms with Gasteiger partial charge in [-0.25, -0.2) is 4.39 Å². The van der Waals surface area contributed by atoms with Crippen LogP contribution in [0.1, 0.15) is 22.7 Å². The fourth-order valence-corrected chi connectivity index (χ4v) is 1.88. The molecule has 1 aromatic heterocycles. The number of aryl methyl sites for hydroxylation is 1. The minimum atomic E-state index is -0.472. The summed E-state index contributed by atoms with van der Waals surface area (Å²) in [6, 6.07) is 5.90. The first-order chi connectivity index (χ1) is 7.58. The highest BCUT2D eigenvalue weighted by molar-refractivity contribution is 6.29. The molecule has 0 fully saturated rings. The molecule has 1 aromatic carbocycles. The van der Waals surface area contributed by atoms with E-state index in [0.717, 1.165) is 5.56 Å². The monoisotopic (exact) mass is 239 g/mol. The van der Waals surface area contributed by atoms with Gasteiger partial charge in [0.15, 0.2) is 5.22 Å². The Morgan fingerprint density at radius 2 is 2.12 bits per heavy atom. The molecule has 0 radical (unpaired) electrons. The summed E-state index contributed by atoms with van der Waals surface area (Å²) >= 11 is 5.82. The number of hydrogen-bond donors (Lipinski definition) is 1. The van der Waals surface area contributed by atoms with Gasteiger partial charge < -0.3 is 10.2 Å². The normalized spacial score (nSPS) is 12.8. The van der Waals surface area contributed by atoms with Crippen LogP contribution in [0.3, 0.4) is 0 Å². The molecule has 1 unspecified atom stereocenters. The topological polar surface area (TPSA) is 39.2 Å². The zero-order valence-corrected chi connectivity index (χ0v) is 9.46. The standard InChI is InChI=1S/C12H11ClFNO/c1-7-4-8(6-9(14)5-7)11(15)10-2-3-16-12(10)13/h2-6,11H,15H2,1H3. The molecular formula is C12H11ClFNO. The molecule has 0 bridgehead atoms. The van der Waals surface area contributed by atoms with Crippen molar-refractivity contribution in [2.24, 2.45) is 5.73 Å². The Morgan fingerprint density at radius 3 is 2.69 bits per heavy atom. The Hall–Kier alpha value is -1.32. The lowest BCUT2D eigenvalue weighted by Gasteiger charge is -2.11. The van der Waals surface area contributed by atoms with Crippen LogP contribution >= 0.6 is 11.6 Å². The molecule has 2 aromatic rings. The number of rotatable bonds is 2. The average molecular weight is 240 g/mol. The van der Waals surface area contributed by atoms with E-state index in [1.807, 2.05) is 13.0 Å². The van der Waals surface area contributed by atoms with Gasteiger partial charge >= 0.3 is 0 Å². The fourth-order valence-electron chi connectivity index (χ4n) is 1.65. The Morgan fingerprint density at radius 1 is 1.38 bits per heavy atom. The quantitative estimate of drug-likeness (QED) is 0.872.